The van der Waals surface area contributed by atoms with Gasteiger partial charge in [-0.2, -0.15) is 0 Å². The van der Waals surface area contributed by atoms with Crippen molar-refractivity contribution in [1.82, 2.24) is 4.57 Å². The van der Waals surface area contributed by atoms with Crippen molar-refractivity contribution in [3.63, 3.8) is 0 Å². The molecule has 22 heavy (non-hydrogen) atoms. The number of alkyl halides is 1. The van der Waals surface area contributed by atoms with E-state index in [-0.39, 0.29) is 6.67 Å². The number of aryl methyl sites for hydroxylation is 2. The second kappa shape index (κ2) is 5.28. The van der Waals surface area contributed by atoms with Crippen molar-refractivity contribution in [3.8, 4) is 0 Å². The maximum absolute atomic E-state index is 12.7. The Kier molecular flexibility index (Phi) is 3.25. The maximum atomic E-state index is 12.7. The minimum Gasteiger partial charge on any atom is -0.340 e. The van der Waals surface area contributed by atoms with Crippen LogP contribution in [0.15, 0.2) is 43.0 Å². The van der Waals surface area contributed by atoms with Crippen LogP contribution in [-0.4, -0.2) is 11.2 Å². The van der Waals surface area contributed by atoms with Crippen molar-refractivity contribution in [1.29, 1.82) is 0 Å². The van der Waals surface area contributed by atoms with Crippen LogP contribution in [0.4, 0.5) is 4.39 Å². The Balaban J connectivity index is 2.09. The fourth-order valence-electron chi connectivity index (χ4n) is 3.87. The zero-order chi connectivity index (χ0) is 15.1. The van der Waals surface area contributed by atoms with Crippen molar-refractivity contribution in [3.05, 3.63) is 54.1 Å². The van der Waals surface area contributed by atoms with Crippen LogP contribution in [0.3, 0.4) is 0 Å². The average Bonchev–Trinajstić information content (AvgIpc) is 2.87. The summed E-state index contributed by atoms with van der Waals surface area (Å²) in [6.07, 6.45) is 3.95. The van der Waals surface area contributed by atoms with Crippen molar-refractivity contribution in [2.75, 3.05) is 6.67 Å². The first-order valence-electron chi connectivity index (χ1n) is 8.08. The van der Waals surface area contributed by atoms with Gasteiger partial charge in [-0.3, -0.25) is 4.39 Å². The molecular weight excluding hydrogens is 273 g/mol. The molecule has 0 N–H and O–H groups in total. The van der Waals surface area contributed by atoms with Crippen LogP contribution in [0, 0.1) is 0 Å². The summed E-state index contributed by atoms with van der Waals surface area (Å²) >= 11 is 0. The maximum Gasteiger partial charge on any atom is 0.0911 e. The molecule has 1 aromatic heterocycles. The summed E-state index contributed by atoms with van der Waals surface area (Å²) < 4.78 is 15.0. The minimum atomic E-state index is -0.268. The summed E-state index contributed by atoms with van der Waals surface area (Å²) in [7, 11) is 0. The molecule has 3 aromatic rings. The number of aromatic nitrogens is 1. The van der Waals surface area contributed by atoms with Crippen LogP contribution in [0.1, 0.15) is 30.4 Å². The van der Waals surface area contributed by atoms with E-state index in [0.717, 1.165) is 19.4 Å². The Morgan fingerprint density at radius 2 is 1.91 bits per heavy atom. The van der Waals surface area contributed by atoms with Crippen LogP contribution in [0.25, 0.3) is 27.4 Å². The first-order valence-corrected chi connectivity index (χ1v) is 8.08. The topological polar surface area (TPSA) is 4.93 Å². The highest BCUT2D eigenvalue weighted by atomic mass is 19.1. The second-order valence-corrected chi connectivity index (χ2v) is 6.15. The number of nitrogens with zero attached hydrogens (tertiary/aromatic N) is 1. The third kappa shape index (κ3) is 1.90. The summed E-state index contributed by atoms with van der Waals surface area (Å²) in [4.78, 5) is 0. The van der Waals surface area contributed by atoms with E-state index in [1.807, 2.05) is 0 Å². The van der Waals surface area contributed by atoms with Gasteiger partial charge in [-0.1, -0.05) is 30.8 Å². The molecule has 0 radical (unpaired) electrons. The fourth-order valence-corrected chi connectivity index (χ4v) is 3.87. The highest BCUT2D eigenvalue weighted by molar-refractivity contribution is 6.11. The number of hydrogen-bond donors (Lipinski definition) is 0. The quantitative estimate of drug-likeness (QED) is 0.600. The molecular formula is C20H20FN. The SMILES string of the molecule is C=C1CCCc2c1ccc1c2c2ccccc2n1CCCF. The summed E-state index contributed by atoms with van der Waals surface area (Å²) in [5, 5.41) is 2.65. The molecule has 1 aliphatic rings. The molecule has 0 saturated heterocycles. The Hall–Kier alpha value is -2.09. The first kappa shape index (κ1) is 13.6. The Morgan fingerprint density at radius 3 is 2.77 bits per heavy atom. The number of halogens is 1. The molecule has 112 valence electrons. The van der Waals surface area contributed by atoms with Crippen LogP contribution >= 0.6 is 0 Å². The van der Waals surface area contributed by atoms with Gasteiger partial charge < -0.3 is 4.57 Å². The van der Waals surface area contributed by atoms with Gasteiger partial charge in [0.1, 0.15) is 0 Å². The van der Waals surface area contributed by atoms with Crippen molar-refractivity contribution < 1.29 is 4.39 Å². The standard InChI is InChI=1S/C20H20FN/c1-14-6-4-8-16-15(14)10-11-19-20(16)17-7-2-3-9-18(17)22(19)13-5-12-21/h2-3,7,9-11H,1,4-6,8,12-13H2. The number of benzene rings is 2. The molecule has 0 bridgehead atoms. The smallest absolute Gasteiger partial charge is 0.0911 e. The second-order valence-electron chi connectivity index (χ2n) is 6.15. The van der Waals surface area contributed by atoms with Gasteiger partial charge in [-0.15, -0.1) is 0 Å². The number of rotatable bonds is 3. The van der Waals surface area contributed by atoms with Gasteiger partial charge in [-0.05, 0) is 54.5 Å². The van der Waals surface area contributed by atoms with E-state index in [2.05, 4.69) is 47.5 Å². The molecule has 2 heteroatoms. The normalized spacial score (nSPS) is 14.7. The van der Waals surface area contributed by atoms with E-state index in [1.54, 1.807) is 0 Å². The van der Waals surface area contributed by atoms with E-state index in [9.17, 15) is 4.39 Å². The van der Waals surface area contributed by atoms with Crippen LogP contribution in [-0.2, 0) is 13.0 Å². The first-order chi connectivity index (χ1) is 10.8. The number of allylic oxidation sites excluding steroid dienone is 1. The van der Waals surface area contributed by atoms with Gasteiger partial charge in [0.05, 0.1) is 6.67 Å². The van der Waals surface area contributed by atoms with Gasteiger partial charge in [0, 0.05) is 28.4 Å². The molecule has 0 unspecified atom stereocenters. The van der Waals surface area contributed by atoms with Crippen molar-refractivity contribution in [2.45, 2.75) is 32.2 Å². The molecule has 0 spiro atoms. The van der Waals surface area contributed by atoms with E-state index in [1.165, 1.54) is 44.9 Å². The number of hydrogen-bond acceptors (Lipinski definition) is 0. The van der Waals surface area contributed by atoms with Crippen molar-refractivity contribution in [2.24, 2.45) is 0 Å². The molecule has 4 rings (SSSR count). The molecule has 0 fully saturated rings. The molecule has 0 atom stereocenters. The van der Waals surface area contributed by atoms with Crippen LogP contribution < -0.4 is 0 Å². The summed E-state index contributed by atoms with van der Waals surface area (Å²) in [6.45, 7) is 4.71. The predicted octanol–water partition coefficient (Wildman–Crippen LogP) is 5.50. The average molecular weight is 293 g/mol. The third-order valence-corrected chi connectivity index (χ3v) is 4.85. The molecule has 1 heterocycles. The molecule has 0 saturated carbocycles. The molecule has 1 aliphatic carbocycles. The zero-order valence-corrected chi connectivity index (χ0v) is 12.7. The summed E-state index contributed by atoms with van der Waals surface area (Å²) in [5.41, 5.74) is 6.47. The van der Waals surface area contributed by atoms with E-state index < -0.39 is 0 Å². The van der Waals surface area contributed by atoms with E-state index >= 15 is 0 Å². The van der Waals surface area contributed by atoms with Gasteiger partial charge in [0.2, 0.25) is 0 Å². The lowest BCUT2D eigenvalue weighted by Gasteiger charge is -2.19. The lowest BCUT2D eigenvalue weighted by atomic mass is 9.85. The van der Waals surface area contributed by atoms with Crippen LogP contribution in [0.2, 0.25) is 0 Å². The molecule has 0 amide bonds. The fraction of sp³-hybridized carbons (Fsp3) is 0.300. The monoisotopic (exact) mass is 293 g/mol. The molecule has 2 aromatic carbocycles. The van der Waals surface area contributed by atoms with E-state index in [4.69, 9.17) is 0 Å². The van der Waals surface area contributed by atoms with Crippen molar-refractivity contribution >= 4 is 27.4 Å². The Bertz CT molecular complexity index is 872. The Morgan fingerprint density at radius 1 is 1.05 bits per heavy atom. The largest absolute Gasteiger partial charge is 0.340 e. The highest BCUT2D eigenvalue weighted by Gasteiger charge is 2.19. The highest BCUT2D eigenvalue weighted by Crippen LogP contribution is 2.39. The molecule has 1 nitrogen and oxygen atoms in total. The number of para-hydroxylation sites is 1. The van der Waals surface area contributed by atoms with Gasteiger partial charge in [-0.25, -0.2) is 0 Å². The third-order valence-electron chi connectivity index (χ3n) is 4.85. The van der Waals surface area contributed by atoms with E-state index in [0.29, 0.717) is 6.42 Å². The minimum absolute atomic E-state index is 0.268. The lowest BCUT2D eigenvalue weighted by molar-refractivity contribution is 0.452. The zero-order valence-electron chi connectivity index (χ0n) is 12.7. The predicted molar refractivity (Wildman–Crippen MR) is 92.0 cm³/mol. The summed E-state index contributed by atoms with van der Waals surface area (Å²) in [6, 6.07) is 12.9. The molecule has 0 aliphatic heterocycles. The van der Waals surface area contributed by atoms with Crippen LogP contribution in [0.5, 0.6) is 0 Å². The lowest BCUT2D eigenvalue weighted by Crippen LogP contribution is -2.03. The number of fused-ring (bicyclic) bond motifs is 5. The van der Waals surface area contributed by atoms with Gasteiger partial charge >= 0.3 is 0 Å². The Labute approximate surface area is 130 Å². The van der Waals surface area contributed by atoms with Gasteiger partial charge in [0.25, 0.3) is 0 Å². The summed E-state index contributed by atoms with van der Waals surface area (Å²) in [5.74, 6) is 0. The van der Waals surface area contributed by atoms with Gasteiger partial charge in [0.15, 0.2) is 0 Å².